The lowest BCUT2D eigenvalue weighted by Gasteiger charge is -2.04. The summed E-state index contributed by atoms with van der Waals surface area (Å²) in [5.74, 6) is -0.914. The molecule has 0 bridgehead atoms. The first-order valence-corrected chi connectivity index (χ1v) is 7.94. The summed E-state index contributed by atoms with van der Waals surface area (Å²) in [7, 11) is 1.33. The molecular formula is C18H18N4O5. The Labute approximate surface area is 155 Å². The first kappa shape index (κ1) is 19.6. The molecule has 0 unspecified atom stereocenters. The Hall–Kier alpha value is -3.75. The molecule has 0 aliphatic heterocycles. The molecule has 27 heavy (non-hydrogen) atoms. The van der Waals surface area contributed by atoms with Crippen LogP contribution in [0.3, 0.4) is 0 Å². The quantitative estimate of drug-likeness (QED) is 0.317. The molecule has 0 aliphatic carbocycles. The SMILES string of the molecule is COc1ccc(/C=N\NC(=O)CC(=O)NCc2ccccc2)cc1[N+](=O)[O-]. The summed E-state index contributed by atoms with van der Waals surface area (Å²) in [6.07, 6.45) is 0.860. The highest BCUT2D eigenvalue weighted by Crippen LogP contribution is 2.26. The van der Waals surface area contributed by atoms with Gasteiger partial charge in [0.15, 0.2) is 5.75 Å². The predicted octanol–water partition coefficient (Wildman–Crippen LogP) is 1.76. The third-order valence-corrected chi connectivity index (χ3v) is 3.46. The van der Waals surface area contributed by atoms with Gasteiger partial charge in [-0.25, -0.2) is 5.43 Å². The maximum absolute atomic E-state index is 11.7. The molecule has 0 atom stereocenters. The van der Waals surface area contributed by atoms with Gasteiger partial charge in [0.1, 0.15) is 6.42 Å². The van der Waals surface area contributed by atoms with Crippen molar-refractivity contribution in [3.63, 3.8) is 0 Å². The summed E-state index contributed by atoms with van der Waals surface area (Å²) in [4.78, 5) is 33.8. The van der Waals surface area contributed by atoms with Gasteiger partial charge < -0.3 is 10.1 Å². The van der Waals surface area contributed by atoms with Crippen LogP contribution in [0.1, 0.15) is 17.5 Å². The molecule has 0 saturated heterocycles. The number of hydrogen-bond acceptors (Lipinski definition) is 6. The third-order valence-electron chi connectivity index (χ3n) is 3.46. The zero-order valence-electron chi connectivity index (χ0n) is 14.5. The normalized spacial score (nSPS) is 10.4. The minimum atomic E-state index is -0.597. The summed E-state index contributed by atoms with van der Waals surface area (Å²) in [6.45, 7) is 0.325. The number of nitro benzene ring substituents is 1. The lowest BCUT2D eigenvalue weighted by atomic mass is 10.2. The summed E-state index contributed by atoms with van der Waals surface area (Å²) >= 11 is 0. The van der Waals surface area contributed by atoms with E-state index in [9.17, 15) is 19.7 Å². The van der Waals surface area contributed by atoms with Gasteiger partial charge in [0.05, 0.1) is 18.2 Å². The van der Waals surface area contributed by atoms with Gasteiger partial charge >= 0.3 is 5.69 Å². The zero-order chi connectivity index (χ0) is 19.6. The molecule has 2 N–H and O–H groups in total. The second kappa shape index (κ2) is 9.66. The summed E-state index contributed by atoms with van der Waals surface area (Å²) in [5, 5.41) is 17.3. The second-order valence-electron chi connectivity index (χ2n) is 5.42. The predicted molar refractivity (Wildman–Crippen MR) is 98.3 cm³/mol. The summed E-state index contributed by atoms with van der Waals surface area (Å²) < 4.78 is 4.90. The Kier molecular flexibility index (Phi) is 7.00. The van der Waals surface area contributed by atoms with Crippen LogP contribution in [0.2, 0.25) is 0 Å². The fourth-order valence-corrected chi connectivity index (χ4v) is 2.15. The van der Waals surface area contributed by atoms with Crippen molar-refractivity contribution >= 4 is 23.7 Å². The van der Waals surface area contributed by atoms with E-state index in [-0.39, 0.29) is 17.9 Å². The molecule has 9 heteroatoms. The highest BCUT2D eigenvalue weighted by molar-refractivity contribution is 5.97. The molecule has 0 fully saturated rings. The number of amides is 2. The van der Waals surface area contributed by atoms with E-state index in [0.717, 1.165) is 5.56 Å². The van der Waals surface area contributed by atoms with Crippen molar-refractivity contribution in [2.24, 2.45) is 5.10 Å². The van der Waals surface area contributed by atoms with Gasteiger partial charge in [-0.05, 0) is 17.7 Å². The maximum Gasteiger partial charge on any atom is 0.311 e. The monoisotopic (exact) mass is 370 g/mol. The Balaban J connectivity index is 1.83. The van der Waals surface area contributed by atoms with Crippen LogP contribution >= 0.6 is 0 Å². The molecule has 0 aromatic heterocycles. The molecule has 0 spiro atoms. The van der Waals surface area contributed by atoms with Gasteiger partial charge in [-0.2, -0.15) is 5.10 Å². The number of carbonyl (C=O) groups is 2. The van der Waals surface area contributed by atoms with Crippen LogP contribution in [0.25, 0.3) is 0 Å². The third kappa shape index (κ3) is 6.24. The summed E-state index contributed by atoms with van der Waals surface area (Å²) in [6, 6.07) is 13.5. The molecule has 0 aliphatic rings. The van der Waals surface area contributed by atoms with Gasteiger partial charge in [-0.1, -0.05) is 30.3 Å². The molecule has 0 heterocycles. The van der Waals surface area contributed by atoms with Crippen LogP contribution in [0.4, 0.5) is 5.69 Å². The van der Waals surface area contributed by atoms with E-state index in [1.165, 1.54) is 25.5 Å². The number of hydrazone groups is 1. The van der Waals surface area contributed by atoms with Crippen molar-refractivity contribution in [2.45, 2.75) is 13.0 Å². The number of nitrogens with zero attached hydrogens (tertiary/aromatic N) is 2. The molecular weight excluding hydrogens is 352 g/mol. The van der Waals surface area contributed by atoms with Crippen LogP contribution < -0.4 is 15.5 Å². The maximum atomic E-state index is 11.7. The number of ether oxygens (including phenoxy) is 1. The van der Waals surface area contributed by atoms with Crippen LogP contribution in [-0.4, -0.2) is 30.1 Å². The first-order chi connectivity index (χ1) is 13.0. The number of benzene rings is 2. The Morgan fingerprint density at radius 1 is 1.19 bits per heavy atom. The van der Waals surface area contributed by atoms with Crippen molar-refractivity contribution in [1.82, 2.24) is 10.7 Å². The van der Waals surface area contributed by atoms with Crippen LogP contribution in [0.5, 0.6) is 5.75 Å². The summed E-state index contributed by atoms with van der Waals surface area (Å²) in [5.41, 5.74) is 3.31. The number of nitrogens with one attached hydrogen (secondary N) is 2. The lowest BCUT2D eigenvalue weighted by Crippen LogP contribution is -2.29. The second-order valence-corrected chi connectivity index (χ2v) is 5.42. The number of rotatable bonds is 8. The largest absolute Gasteiger partial charge is 0.490 e. The fourth-order valence-electron chi connectivity index (χ4n) is 2.15. The van der Waals surface area contributed by atoms with Crippen molar-refractivity contribution < 1.29 is 19.2 Å². The highest BCUT2D eigenvalue weighted by atomic mass is 16.6. The van der Waals surface area contributed by atoms with Crippen molar-refractivity contribution in [3.8, 4) is 5.75 Å². The number of carbonyl (C=O) groups excluding carboxylic acids is 2. The van der Waals surface area contributed by atoms with E-state index in [2.05, 4.69) is 15.8 Å². The minimum Gasteiger partial charge on any atom is -0.490 e. The van der Waals surface area contributed by atoms with E-state index in [4.69, 9.17) is 4.74 Å². The lowest BCUT2D eigenvalue weighted by molar-refractivity contribution is -0.385. The van der Waals surface area contributed by atoms with Gasteiger partial charge in [0, 0.05) is 18.2 Å². The van der Waals surface area contributed by atoms with Crippen molar-refractivity contribution in [2.75, 3.05) is 7.11 Å². The fraction of sp³-hybridized carbons (Fsp3) is 0.167. The van der Waals surface area contributed by atoms with Gasteiger partial charge in [0.2, 0.25) is 11.8 Å². The molecule has 2 aromatic rings. The minimum absolute atomic E-state index is 0.122. The van der Waals surface area contributed by atoms with E-state index in [1.54, 1.807) is 6.07 Å². The molecule has 9 nitrogen and oxygen atoms in total. The zero-order valence-corrected chi connectivity index (χ0v) is 14.5. The topological polar surface area (TPSA) is 123 Å². The van der Waals surface area contributed by atoms with Crippen LogP contribution in [0, 0.1) is 10.1 Å². The Morgan fingerprint density at radius 2 is 1.93 bits per heavy atom. The average Bonchev–Trinajstić information content (AvgIpc) is 2.67. The molecule has 2 aromatic carbocycles. The van der Waals surface area contributed by atoms with Gasteiger partial charge in [-0.15, -0.1) is 0 Å². The highest BCUT2D eigenvalue weighted by Gasteiger charge is 2.14. The van der Waals surface area contributed by atoms with Gasteiger partial charge in [0.25, 0.3) is 0 Å². The van der Waals surface area contributed by atoms with Crippen LogP contribution in [-0.2, 0) is 16.1 Å². The van der Waals surface area contributed by atoms with Crippen molar-refractivity contribution in [1.29, 1.82) is 0 Å². The van der Waals surface area contributed by atoms with Crippen molar-refractivity contribution in [3.05, 3.63) is 69.8 Å². The average molecular weight is 370 g/mol. The van der Waals surface area contributed by atoms with Gasteiger partial charge in [-0.3, -0.25) is 19.7 Å². The molecule has 0 radical (unpaired) electrons. The number of hydrogen-bond donors (Lipinski definition) is 2. The molecule has 2 rings (SSSR count). The van der Waals surface area contributed by atoms with E-state index in [1.807, 2.05) is 30.3 Å². The smallest absolute Gasteiger partial charge is 0.311 e. The molecule has 2 amide bonds. The van der Waals surface area contributed by atoms with Crippen LogP contribution in [0.15, 0.2) is 53.6 Å². The van der Waals surface area contributed by atoms with E-state index in [0.29, 0.717) is 12.1 Å². The van der Waals surface area contributed by atoms with E-state index >= 15 is 0 Å². The molecule has 140 valence electrons. The number of methoxy groups -OCH3 is 1. The Morgan fingerprint density at radius 3 is 2.59 bits per heavy atom. The molecule has 0 saturated carbocycles. The first-order valence-electron chi connectivity index (χ1n) is 7.94. The standard InChI is InChI=1S/C18H18N4O5/c1-27-16-8-7-14(9-15(16)22(25)26)12-20-21-18(24)10-17(23)19-11-13-5-3-2-4-6-13/h2-9,12H,10-11H2,1H3,(H,19,23)(H,21,24)/b20-12-. The Bertz CT molecular complexity index is 852. The number of nitro groups is 1. The van der Waals surface area contributed by atoms with E-state index < -0.39 is 16.7 Å².